The fraction of sp³-hybridized carbons (Fsp3) is 0.750. The van der Waals surface area contributed by atoms with E-state index in [-0.39, 0.29) is 15.2 Å². The van der Waals surface area contributed by atoms with Gasteiger partial charge in [0, 0.05) is 11.6 Å². The van der Waals surface area contributed by atoms with Gasteiger partial charge in [-0.05, 0) is 19.3 Å². The van der Waals surface area contributed by atoms with Crippen molar-refractivity contribution in [3.63, 3.8) is 0 Å². The maximum Gasteiger partial charge on any atom is 0.286 e. The van der Waals surface area contributed by atoms with Crippen molar-refractivity contribution in [2.45, 2.75) is 29.5 Å². The fourth-order valence-corrected chi connectivity index (χ4v) is 2.86. The maximum absolute atomic E-state index is 5.59. The number of hydrogen-bond donors (Lipinski definition) is 0. The zero-order valence-electron chi connectivity index (χ0n) is 6.51. The van der Waals surface area contributed by atoms with Crippen LogP contribution in [0.25, 0.3) is 0 Å². The molecular formula is C8H15AlO. The normalized spacial score (nSPS) is 25.8. The summed E-state index contributed by atoms with van der Waals surface area (Å²) in [4.78, 5) is 0.673. The second kappa shape index (κ2) is 4.96. The Hall–Kier alpha value is 0.232. The van der Waals surface area contributed by atoms with Gasteiger partial charge in [-0.2, -0.15) is 0 Å². The summed E-state index contributed by atoms with van der Waals surface area (Å²) < 4.78 is 5.59. The summed E-state index contributed by atoms with van der Waals surface area (Å²) in [7, 11) is 0. The van der Waals surface area contributed by atoms with Gasteiger partial charge in [-0.15, -0.1) is 12.7 Å². The van der Waals surface area contributed by atoms with Gasteiger partial charge in [-0.3, -0.25) is 0 Å². The minimum atomic E-state index is 0.0252. The minimum absolute atomic E-state index is 0.0252. The van der Waals surface area contributed by atoms with Gasteiger partial charge in [0.05, 0.1) is 0 Å². The molecule has 0 aromatic rings. The van der Waals surface area contributed by atoms with Gasteiger partial charge in [0.25, 0.3) is 15.2 Å². The Kier molecular flexibility index (Phi) is 4.13. The molecule has 0 aromatic carbocycles. The summed E-state index contributed by atoms with van der Waals surface area (Å²) in [5.74, 6) is 0. The third kappa shape index (κ3) is 2.88. The van der Waals surface area contributed by atoms with Gasteiger partial charge in [-0.25, -0.2) is 0 Å². The smallest absolute Gasteiger partial charge is 0.286 e. The van der Waals surface area contributed by atoms with Crippen LogP contribution in [0.2, 0.25) is 5.28 Å². The summed E-state index contributed by atoms with van der Waals surface area (Å²) >= 11 is 0.0252. The molecule has 0 bridgehead atoms. The van der Waals surface area contributed by atoms with Crippen LogP contribution in [0.4, 0.5) is 0 Å². The van der Waals surface area contributed by atoms with Crippen LogP contribution < -0.4 is 0 Å². The highest BCUT2D eigenvalue weighted by Gasteiger charge is 2.13. The van der Waals surface area contributed by atoms with Gasteiger partial charge < -0.3 is 4.74 Å². The Balaban J connectivity index is 2.07. The van der Waals surface area contributed by atoms with E-state index in [0.717, 1.165) is 6.61 Å². The predicted octanol–water partition coefficient (Wildman–Crippen LogP) is 1.55. The van der Waals surface area contributed by atoms with Crippen LogP contribution in [0.3, 0.4) is 0 Å². The van der Waals surface area contributed by atoms with Crippen molar-refractivity contribution in [3.8, 4) is 0 Å². The molecule has 0 saturated carbocycles. The van der Waals surface area contributed by atoms with Gasteiger partial charge in [0.1, 0.15) is 0 Å². The zero-order chi connectivity index (χ0) is 7.23. The van der Waals surface area contributed by atoms with Gasteiger partial charge in [-0.1, -0.05) is 5.28 Å². The van der Waals surface area contributed by atoms with Crippen molar-refractivity contribution in [2.24, 2.45) is 0 Å². The van der Waals surface area contributed by atoms with Crippen molar-refractivity contribution in [1.29, 1.82) is 0 Å². The van der Waals surface area contributed by atoms with Crippen molar-refractivity contribution in [2.75, 3.05) is 6.61 Å². The van der Waals surface area contributed by atoms with Gasteiger partial charge in [0.15, 0.2) is 0 Å². The van der Waals surface area contributed by atoms with Crippen molar-refractivity contribution < 1.29 is 4.74 Å². The molecule has 1 fully saturated rings. The molecule has 56 valence electrons. The average Bonchev–Trinajstić information content (AvgIpc) is 2.03. The highest BCUT2D eigenvalue weighted by atomic mass is 27.1. The molecule has 0 aliphatic carbocycles. The lowest BCUT2D eigenvalue weighted by atomic mass is 10.2. The Morgan fingerprint density at radius 2 is 2.50 bits per heavy atom. The molecule has 2 heteroatoms. The molecule has 1 heterocycles. The van der Waals surface area contributed by atoms with E-state index in [1.165, 1.54) is 24.5 Å². The second-order valence-corrected chi connectivity index (χ2v) is 4.92. The number of hydrogen-bond acceptors (Lipinski definition) is 1. The van der Waals surface area contributed by atoms with Crippen molar-refractivity contribution in [1.82, 2.24) is 0 Å². The van der Waals surface area contributed by atoms with E-state index in [1.807, 2.05) is 6.08 Å². The van der Waals surface area contributed by atoms with Crippen LogP contribution in [0.1, 0.15) is 19.3 Å². The van der Waals surface area contributed by atoms with Crippen molar-refractivity contribution >= 4 is 15.2 Å². The maximum atomic E-state index is 5.59. The largest absolute Gasteiger partial charge is 0.394 e. The summed E-state index contributed by atoms with van der Waals surface area (Å²) in [6.07, 6.45) is 6.01. The van der Waals surface area contributed by atoms with Crippen LogP contribution in [0.15, 0.2) is 12.7 Å². The third-order valence-corrected chi connectivity index (χ3v) is 4.00. The van der Waals surface area contributed by atoms with Crippen LogP contribution in [-0.4, -0.2) is 26.8 Å². The molecular weight excluding hydrogens is 139 g/mol. The highest BCUT2D eigenvalue weighted by molar-refractivity contribution is 6.37. The summed E-state index contributed by atoms with van der Waals surface area (Å²) in [5, 5.41) is 1.24. The van der Waals surface area contributed by atoms with Gasteiger partial charge in [0.2, 0.25) is 0 Å². The average molecular weight is 154 g/mol. The summed E-state index contributed by atoms with van der Waals surface area (Å²) in [6.45, 7) is 4.73. The topological polar surface area (TPSA) is 9.23 Å². The van der Waals surface area contributed by atoms with E-state index >= 15 is 0 Å². The molecule has 1 unspecified atom stereocenters. The first kappa shape index (κ1) is 8.33. The molecule has 1 aliphatic heterocycles. The third-order valence-electron chi connectivity index (χ3n) is 1.97. The van der Waals surface area contributed by atoms with Crippen molar-refractivity contribution in [3.05, 3.63) is 12.7 Å². The molecule has 10 heavy (non-hydrogen) atoms. The summed E-state index contributed by atoms with van der Waals surface area (Å²) in [5.41, 5.74) is 0. The molecule has 1 atom stereocenters. The second-order valence-electron chi connectivity index (χ2n) is 2.85. The number of rotatable bonds is 3. The SMILES string of the molecule is C=C[CH2][AlH][CH]1CCCCO1. The molecule has 1 nitrogen and oxygen atoms in total. The lowest BCUT2D eigenvalue weighted by molar-refractivity contribution is 0.0652. The van der Waals surface area contributed by atoms with E-state index in [4.69, 9.17) is 4.74 Å². The molecule has 0 radical (unpaired) electrons. The predicted molar refractivity (Wildman–Crippen MR) is 45.7 cm³/mol. The standard InChI is InChI=1S/C5H9O.C3H5.Al.H/c1-2-4-6-5-3-1;1-3-2;;/h4H,1-3,5H2;3H,1-2H2;;. The van der Waals surface area contributed by atoms with E-state index in [1.54, 1.807) is 0 Å². The fourth-order valence-electron chi connectivity index (χ4n) is 1.34. The van der Waals surface area contributed by atoms with E-state index in [2.05, 4.69) is 6.58 Å². The number of ether oxygens (including phenoxy) is 1. The Labute approximate surface area is 69.2 Å². The van der Waals surface area contributed by atoms with Crippen LogP contribution in [0, 0.1) is 0 Å². The molecule has 0 spiro atoms. The van der Waals surface area contributed by atoms with E-state index in [9.17, 15) is 0 Å². The minimum Gasteiger partial charge on any atom is -0.394 e. The zero-order valence-corrected chi connectivity index (χ0v) is 7.93. The van der Waals surface area contributed by atoms with Crippen LogP contribution >= 0.6 is 0 Å². The first-order valence-corrected chi connectivity index (χ1v) is 5.97. The molecule has 1 rings (SSSR count). The Morgan fingerprint density at radius 3 is 3.10 bits per heavy atom. The Morgan fingerprint density at radius 1 is 1.60 bits per heavy atom. The Bertz CT molecular complexity index is 97.4. The molecule has 0 aromatic heterocycles. The highest BCUT2D eigenvalue weighted by Crippen LogP contribution is 2.12. The lowest BCUT2D eigenvalue weighted by Gasteiger charge is -2.21. The molecule has 1 saturated heterocycles. The molecule has 0 N–H and O–H groups in total. The number of allylic oxidation sites excluding steroid dienone is 1. The lowest BCUT2D eigenvalue weighted by Crippen LogP contribution is -2.24. The van der Waals surface area contributed by atoms with E-state index < -0.39 is 0 Å². The summed E-state index contributed by atoms with van der Waals surface area (Å²) in [6, 6.07) is 0. The molecule has 1 aliphatic rings. The monoisotopic (exact) mass is 154 g/mol. The van der Waals surface area contributed by atoms with Crippen LogP contribution in [-0.2, 0) is 4.74 Å². The van der Waals surface area contributed by atoms with Crippen LogP contribution in [0.5, 0.6) is 0 Å². The molecule has 0 amide bonds. The van der Waals surface area contributed by atoms with Gasteiger partial charge >= 0.3 is 0 Å². The van der Waals surface area contributed by atoms with E-state index in [0.29, 0.717) is 4.97 Å². The first-order valence-electron chi connectivity index (χ1n) is 4.16. The first-order chi connectivity index (χ1) is 4.93. The quantitative estimate of drug-likeness (QED) is 0.442.